The number of furan rings is 1. The van der Waals surface area contributed by atoms with E-state index in [1.165, 1.54) is 24.2 Å². The third-order valence-electron chi connectivity index (χ3n) is 3.46. The van der Waals surface area contributed by atoms with Crippen molar-refractivity contribution in [3.8, 4) is 0 Å². The Labute approximate surface area is 121 Å². The van der Waals surface area contributed by atoms with E-state index in [0.29, 0.717) is 10.9 Å². The molecule has 0 aromatic carbocycles. The second kappa shape index (κ2) is 5.78. The number of nitrogens with one attached hydrogen (secondary N) is 1. The summed E-state index contributed by atoms with van der Waals surface area (Å²) < 4.78 is 5.42. The van der Waals surface area contributed by atoms with Gasteiger partial charge < -0.3 is 4.42 Å². The molecule has 106 valence electrons. The molecule has 0 spiro atoms. The van der Waals surface area contributed by atoms with Gasteiger partial charge in [-0.25, -0.2) is 5.84 Å². The van der Waals surface area contributed by atoms with Crippen molar-refractivity contribution in [1.82, 2.24) is 10.3 Å². The van der Waals surface area contributed by atoms with Crippen molar-refractivity contribution in [1.29, 1.82) is 0 Å². The van der Waals surface area contributed by atoms with E-state index in [-0.39, 0.29) is 5.91 Å². The van der Waals surface area contributed by atoms with Crippen molar-refractivity contribution in [3.05, 3.63) is 46.0 Å². The Bertz CT molecular complexity index is 575. The number of hydrazine groups is 1. The number of carbonyl (C=O) groups is 1. The van der Waals surface area contributed by atoms with Gasteiger partial charge in [-0.15, -0.1) is 11.3 Å². The van der Waals surface area contributed by atoms with Gasteiger partial charge in [0.25, 0.3) is 5.91 Å². The van der Waals surface area contributed by atoms with Crippen LogP contribution < -0.4 is 11.3 Å². The van der Waals surface area contributed by atoms with Gasteiger partial charge in [0, 0.05) is 12.6 Å². The second-order valence-corrected chi connectivity index (χ2v) is 5.88. The zero-order valence-electron chi connectivity index (χ0n) is 11.0. The molecule has 3 N–H and O–H groups in total. The van der Waals surface area contributed by atoms with Crippen LogP contribution >= 0.6 is 11.3 Å². The van der Waals surface area contributed by atoms with Crippen molar-refractivity contribution in [2.24, 2.45) is 5.84 Å². The van der Waals surface area contributed by atoms with Crippen molar-refractivity contribution in [2.75, 3.05) is 0 Å². The fraction of sp³-hybridized carbons (Fsp3) is 0.357. The number of nitrogens with zero attached hydrogens (tertiary/aromatic N) is 1. The van der Waals surface area contributed by atoms with E-state index in [4.69, 9.17) is 10.3 Å². The fourth-order valence-corrected chi connectivity index (χ4v) is 3.12. The molecule has 0 aliphatic heterocycles. The molecule has 1 amide bonds. The number of amides is 1. The van der Waals surface area contributed by atoms with Gasteiger partial charge in [0.1, 0.15) is 5.76 Å². The normalized spacial score (nSPS) is 14.7. The molecule has 0 saturated heterocycles. The summed E-state index contributed by atoms with van der Waals surface area (Å²) in [7, 11) is 0. The lowest BCUT2D eigenvalue weighted by molar-refractivity contribution is 0.0955. The molecule has 1 aliphatic rings. The van der Waals surface area contributed by atoms with E-state index < -0.39 is 0 Å². The Hall–Kier alpha value is -1.63. The molecule has 6 heteroatoms. The second-order valence-electron chi connectivity index (χ2n) is 4.96. The number of hydrogen-bond donors (Lipinski definition) is 2. The quantitative estimate of drug-likeness (QED) is 0.486. The highest BCUT2D eigenvalue weighted by molar-refractivity contribution is 7.12. The van der Waals surface area contributed by atoms with E-state index in [0.717, 1.165) is 24.4 Å². The highest BCUT2D eigenvalue weighted by atomic mass is 32.1. The van der Waals surface area contributed by atoms with Crippen molar-refractivity contribution in [2.45, 2.75) is 32.0 Å². The summed E-state index contributed by atoms with van der Waals surface area (Å²) in [6, 6.07) is 6.47. The first kappa shape index (κ1) is 13.4. The molecule has 0 bridgehead atoms. The largest absolute Gasteiger partial charge is 0.468 e. The van der Waals surface area contributed by atoms with Crippen LogP contribution in [0.4, 0.5) is 0 Å². The van der Waals surface area contributed by atoms with Crippen LogP contribution in [0, 0.1) is 0 Å². The molecule has 0 atom stereocenters. The van der Waals surface area contributed by atoms with Crippen molar-refractivity contribution < 1.29 is 9.21 Å². The molecule has 1 aliphatic carbocycles. The molecule has 1 fully saturated rings. The third-order valence-corrected chi connectivity index (χ3v) is 4.42. The highest BCUT2D eigenvalue weighted by Gasteiger charge is 2.30. The molecular weight excluding hydrogens is 274 g/mol. The maximum atomic E-state index is 11.7. The van der Waals surface area contributed by atoms with Crippen molar-refractivity contribution in [3.63, 3.8) is 0 Å². The van der Waals surface area contributed by atoms with Crippen molar-refractivity contribution >= 4 is 17.2 Å². The Morgan fingerprint density at radius 2 is 2.30 bits per heavy atom. The number of nitrogens with two attached hydrogens (primary N) is 1. The fourth-order valence-electron chi connectivity index (χ4n) is 2.30. The molecule has 0 radical (unpaired) electrons. The minimum Gasteiger partial charge on any atom is -0.468 e. The zero-order valence-corrected chi connectivity index (χ0v) is 11.9. The number of carbonyl (C=O) groups excluding carboxylic acids is 1. The Balaban J connectivity index is 1.73. The van der Waals surface area contributed by atoms with Crippen LogP contribution in [0.15, 0.2) is 34.3 Å². The van der Waals surface area contributed by atoms with Crippen LogP contribution in [0.25, 0.3) is 0 Å². The molecule has 2 heterocycles. The van der Waals surface area contributed by atoms with Gasteiger partial charge in [-0.05, 0) is 42.0 Å². The Morgan fingerprint density at radius 1 is 1.45 bits per heavy atom. The summed E-state index contributed by atoms with van der Waals surface area (Å²) in [5.74, 6) is 5.96. The molecular formula is C14H17N3O2S. The lowest BCUT2D eigenvalue weighted by atomic mass is 10.2. The first-order valence-corrected chi connectivity index (χ1v) is 7.49. The number of thiophene rings is 1. The van der Waals surface area contributed by atoms with Crippen LogP contribution in [-0.2, 0) is 13.1 Å². The van der Waals surface area contributed by atoms with E-state index >= 15 is 0 Å². The van der Waals surface area contributed by atoms with E-state index in [9.17, 15) is 4.79 Å². The standard InChI is InChI=1S/C14H17N3O2S/c15-16-14(18)13-10(5-7-20-13)8-17(11-3-4-11)9-12-2-1-6-19-12/h1-2,5-7,11H,3-4,8-9,15H2,(H,16,18). The first-order chi connectivity index (χ1) is 9.78. The molecule has 3 rings (SSSR count). The summed E-state index contributed by atoms with van der Waals surface area (Å²) in [6.45, 7) is 1.52. The summed E-state index contributed by atoms with van der Waals surface area (Å²) in [5, 5.41) is 1.93. The topological polar surface area (TPSA) is 71.5 Å². The van der Waals surface area contributed by atoms with E-state index in [1.807, 2.05) is 23.6 Å². The van der Waals surface area contributed by atoms with Gasteiger partial charge in [-0.3, -0.25) is 15.1 Å². The number of nitrogen functional groups attached to an aromatic ring is 1. The van der Waals surface area contributed by atoms with E-state index in [1.54, 1.807) is 6.26 Å². The minimum absolute atomic E-state index is 0.219. The van der Waals surface area contributed by atoms with Gasteiger partial charge >= 0.3 is 0 Å². The highest BCUT2D eigenvalue weighted by Crippen LogP contribution is 2.31. The first-order valence-electron chi connectivity index (χ1n) is 6.61. The van der Waals surface area contributed by atoms with Gasteiger partial charge in [-0.2, -0.15) is 0 Å². The molecule has 0 unspecified atom stereocenters. The predicted octanol–water partition coefficient (Wildman–Crippen LogP) is 2.11. The molecule has 2 aromatic rings. The predicted molar refractivity (Wildman–Crippen MR) is 76.9 cm³/mol. The van der Waals surface area contributed by atoms with Gasteiger partial charge in [-0.1, -0.05) is 0 Å². The summed E-state index contributed by atoms with van der Waals surface area (Å²) >= 11 is 1.42. The maximum absolute atomic E-state index is 11.7. The molecule has 1 saturated carbocycles. The smallest absolute Gasteiger partial charge is 0.275 e. The SMILES string of the molecule is NNC(=O)c1sccc1CN(Cc1ccco1)C1CC1. The van der Waals surface area contributed by atoms with Crippen LogP contribution in [-0.4, -0.2) is 16.8 Å². The summed E-state index contributed by atoms with van der Waals surface area (Å²) in [5.41, 5.74) is 3.23. The van der Waals surface area contributed by atoms with Crippen LogP contribution in [0.1, 0.15) is 33.8 Å². The lowest BCUT2D eigenvalue weighted by Gasteiger charge is -2.20. The molecule has 5 nitrogen and oxygen atoms in total. The lowest BCUT2D eigenvalue weighted by Crippen LogP contribution is -2.31. The maximum Gasteiger partial charge on any atom is 0.275 e. The van der Waals surface area contributed by atoms with Gasteiger partial charge in [0.05, 0.1) is 17.7 Å². The zero-order chi connectivity index (χ0) is 13.9. The average Bonchev–Trinajstić information content (AvgIpc) is 2.99. The van der Waals surface area contributed by atoms with Gasteiger partial charge in [0.15, 0.2) is 0 Å². The average molecular weight is 291 g/mol. The van der Waals surface area contributed by atoms with Crippen LogP contribution in [0.3, 0.4) is 0 Å². The monoisotopic (exact) mass is 291 g/mol. The number of rotatable bonds is 6. The summed E-state index contributed by atoms with van der Waals surface area (Å²) in [4.78, 5) is 14.8. The van der Waals surface area contributed by atoms with E-state index in [2.05, 4.69) is 10.3 Å². The summed E-state index contributed by atoms with van der Waals surface area (Å²) in [6.07, 6.45) is 4.12. The van der Waals surface area contributed by atoms with Crippen LogP contribution in [0.5, 0.6) is 0 Å². The molecule has 20 heavy (non-hydrogen) atoms. The van der Waals surface area contributed by atoms with Gasteiger partial charge in [0.2, 0.25) is 0 Å². The minimum atomic E-state index is -0.219. The Kier molecular flexibility index (Phi) is 3.86. The Morgan fingerprint density at radius 3 is 2.95 bits per heavy atom. The van der Waals surface area contributed by atoms with Crippen LogP contribution in [0.2, 0.25) is 0 Å². The third kappa shape index (κ3) is 2.92. The molecule has 2 aromatic heterocycles. The number of hydrogen-bond acceptors (Lipinski definition) is 5.